The summed E-state index contributed by atoms with van der Waals surface area (Å²) < 4.78 is 11.9. The van der Waals surface area contributed by atoms with Crippen LogP contribution in [0.2, 0.25) is 0 Å². The van der Waals surface area contributed by atoms with Crippen LogP contribution < -0.4 is 14.8 Å². The van der Waals surface area contributed by atoms with E-state index in [1.54, 1.807) is 29.2 Å². The van der Waals surface area contributed by atoms with E-state index in [2.05, 4.69) is 21.2 Å². The summed E-state index contributed by atoms with van der Waals surface area (Å²) in [5, 5.41) is 2.36. The first-order valence-electron chi connectivity index (χ1n) is 12.6. The number of carbonyl (C=O) groups excluding carboxylic acids is 4. The third-order valence-corrected chi connectivity index (χ3v) is 8.14. The topological polar surface area (TPSA) is 105 Å². The van der Waals surface area contributed by atoms with Gasteiger partial charge in [-0.15, -0.1) is 0 Å². The van der Waals surface area contributed by atoms with Crippen molar-refractivity contribution in [1.82, 2.24) is 9.80 Å². The van der Waals surface area contributed by atoms with Crippen LogP contribution in [-0.2, 0) is 14.4 Å². The third-order valence-electron chi connectivity index (χ3n) is 6.58. The summed E-state index contributed by atoms with van der Waals surface area (Å²) in [5.41, 5.74) is 3.42. The monoisotopic (exact) mass is 615 g/mol. The minimum Gasteiger partial charge on any atom is -0.493 e. The van der Waals surface area contributed by atoms with E-state index >= 15 is 0 Å². The maximum Gasteiger partial charge on any atom is 0.294 e. The first-order chi connectivity index (χ1) is 18.7. The SMILES string of the molecule is COc1cc(/C=C2\SC(=O)N(CC(=O)N3CCCCC3)C2=O)ccc1OCC(=O)Nc1cc(C)c(C)cc1Br. The molecule has 2 saturated heterocycles. The molecule has 2 aliphatic heterocycles. The predicted octanol–water partition coefficient (Wildman–Crippen LogP) is 5.14. The van der Waals surface area contributed by atoms with Crippen molar-refractivity contribution >= 4 is 62.4 Å². The van der Waals surface area contributed by atoms with Crippen LogP contribution in [0.3, 0.4) is 0 Å². The fourth-order valence-corrected chi connectivity index (χ4v) is 5.66. The van der Waals surface area contributed by atoms with E-state index in [0.717, 1.165) is 51.5 Å². The van der Waals surface area contributed by atoms with Gasteiger partial charge in [0.25, 0.3) is 17.1 Å². The minimum atomic E-state index is -0.496. The summed E-state index contributed by atoms with van der Waals surface area (Å²) in [5.74, 6) is -0.329. The van der Waals surface area contributed by atoms with Gasteiger partial charge in [0.15, 0.2) is 18.1 Å². The van der Waals surface area contributed by atoms with Crippen molar-refractivity contribution < 1.29 is 28.7 Å². The molecule has 0 bridgehead atoms. The number of aryl methyl sites for hydroxylation is 2. The van der Waals surface area contributed by atoms with E-state index in [4.69, 9.17) is 9.47 Å². The Kier molecular flexibility index (Phi) is 9.34. The van der Waals surface area contributed by atoms with E-state index in [1.807, 2.05) is 26.0 Å². The molecule has 11 heteroatoms. The van der Waals surface area contributed by atoms with Gasteiger partial charge in [-0.1, -0.05) is 6.07 Å². The molecule has 2 aromatic carbocycles. The Morgan fingerprint density at radius 3 is 2.49 bits per heavy atom. The van der Waals surface area contributed by atoms with Crippen molar-refractivity contribution in [2.45, 2.75) is 33.1 Å². The number of anilines is 1. The highest BCUT2D eigenvalue weighted by molar-refractivity contribution is 9.10. The van der Waals surface area contributed by atoms with Crippen LogP contribution in [0.25, 0.3) is 6.08 Å². The average Bonchev–Trinajstić information content (AvgIpc) is 3.18. The number of piperidine rings is 1. The molecule has 0 radical (unpaired) electrons. The number of nitrogens with one attached hydrogen (secondary N) is 1. The molecule has 1 N–H and O–H groups in total. The number of nitrogens with zero attached hydrogens (tertiary/aromatic N) is 2. The predicted molar refractivity (Wildman–Crippen MR) is 154 cm³/mol. The van der Waals surface area contributed by atoms with E-state index < -0.39 is 11.1 Å². The average molecular weight is 617 g/mol. The molecule has 4 rings (SSSR count). The zero-order valence-electron chi connectivity index (χ0n) is 22.0. The lowest BCUT2D eigenvalue weighted by molar-refractivity contribution is -0.136. The number of imide groups is 1. The summed E-state index contributed by atoms with van der Waals surface area (Å²) in [6.07, 6.45) is 4.53. The number of carbonyl (C=O) groups is 4. The van der Waals surface area contributed by atoms with Gasteiger partial charge in [-0.25, -0.2) is 0 Å². The van der Waals surface area contributed by atoms with Crippen LogP contribution in [0, 0.1) is 13.8 Å². The number of hydrogen-bond donors (Lipinski definition) is 1. The molecule has 2 fully saturated rings. The maximum atomic E-state index is 12.9. The number of halogens is 1. The molecule has 0 atom stereocenters. The Morgan fingerprint density at radius 1 is 1.05 bits per heavy atom. The number of amides is 4. The van der Waals surface area contributed by atoms with Gasteiger partial charge in [0.1, 0.15) is 6.54 Å². The van der Waals surface area contributed by atoms with Gasteiger partial charge in [0.05, 0.1) is 17.7 Å². The molecular formula is C28H30BrN3O6S. The van der Waals surface area contributed by atoms with Crippen molar-refractivity contribution in [3.8, 4) is 11.5 Å². The number of rotatable bonds is 8. The first kappa shape index (κ1) is 28.7. The van der Waals surface area contributed by atoms with Crippen molar-refractivity contribution in [3.63, 3.8) is 0 Å². The molecule has 0 aliphatic carbocycles. The summed E-state index contributed by atoms with van der Waals surface area (Å²) in [4.78, 5) is 53.4. The normalized spacial score (nSPS) is 16.6. The second-order valence-electron chi connectivity index (χ2n) is 9.37. The molecule has 2 aromatic rings. The van der Waals surface area contributed by atoms with Gasteiger partial charge in [-0.3, -0.25) is 24.1 Å². The zero-order chi connectivity index (χ0) is 28.1. The summed E-state index contributed by atoms with van der Waals surface area (Å²) in [7, 11) is 1.47. The Hall–Kier alpha value is -3.31. The Labute approximate surface area is 240 Å². The number of ether oxygens (including phenoxy) is 2. The molecule has 0 unspecified atom stereocenters. The van der Waals surface area contributed by atoms with E-state index in [0.29, 0.717) is 35.8 Å². The second kappa shape index (κ2) is 12.7. The molecule has 9 nitrogen and oxygen atoms in total. The summed E-state index contributed by atoms with van der Waals surface area (Å²) >= 11 is 4.26. The van der Waals surface area contributed by atoms with Gasteiger partial charge in [0, 0.05) is 17.6 Å². The lowest BCUT2D eigenvalue weighted by Crippen LogP contribution is -2.44. The molecule has 39 heavy (non-hydrogen) atoms. The highest BCUT2D eigenvalue weighted by Gasteiger charge is 2.37. The molecule has 2 heterocycles. The molecule has 0 saturated carbocycles. The highest BCUT2D eigenvalue weighted by Crippen LogP contribution is 2.35. The van der Waals surface area contributed by atoms with Crippen molar-refractivity contribution in [3.05, 3.63) is 56.4 Å². The largest absolute Gasteiger partial charge is 0.493 e. The molecular weight excluding hydrogens is 586 g/mol. The standard InChI is InChI=1S/C28H30BrN3O6S/c1-17-11-20(29)21(12-18(17)2)30-25(33)16-38-22-8-7-19(13-23(22)37-3)14-24-27(35)32(28(36)39-24)15-26(34)31-9-5-4-6-10-31/h7-8,11-14H,4-6,9-10,15-16H2,1-3H3,(H,30,33)/b24-14-. The molecule has 0 aromatic heterocycles. The maximum absolute atomic E-state index is 12.9. The van der Waals surface area contributed by atoms with Crippen molar-refractivity contribution in [1.29, 1.82) is 0 Å². The number of thioether (sulfide) groups is 1. The smallest absolute Gasteiger partial charge is 0.294 e. The van der Waals surface area contributed by atoms with Crippen LogP contribution >= 0.6 is 27.7 Å². The number of methoxy groups -OCH3 is 1. The third kappa shape index (κ3) is 7.02. The summed E-state index contributed by atoms with van der Waals surface area (Å²) in [6, 6.07) is 8.81. The number of hydrogen-bond acceptors (Lipinski definition) is 7. The van der Waals surface area contributed by atoms with Gasteiger partial charge in [0.2, 0.25) is 5.91 Å². The van der Waals surface area contributed by atoms with Crippen LogP contribution in [0.1, 0.15) is 36.0 Å². The first-order valence-corrected chi connectivity index (χ1v) is 14.2. The molecule has 0 spiro atoms. The fraction of sp³-hybridized carbons (Fsp3) is 0.357. The van der Waals surface area contributed by atoms with Crippen molar-refractivity contribution in [2.24, 2.45) is 0 Å². The lowest BCUT2D eigenvalue weighted by atomic mass is 10.1. The van der Waals surface area contributed by atoms with E-state index in [-0.39, 0.29) is 29.9 Å². The van der Waals surface area contributed by atoms with Gasteiger partial charge >= 0.3 is 0 Å². The molecule has 2 aliphatic rings. The Bertz CT molecular complexity index is 1340. The van der Waals surface area contributed by atoms with Crippen LogP contribution in [-0.4, -0.2) is 66.1 Å². The quantitative estimate of drug-likeness (QED) is 0.410. The van der Waals surface area contributed by atoms with E-state index in [1.165, 1.54) is 7.11 Å². The highest BCUT2D eigenvalue weighted by atomic mass is 79.9. The lowest BCUT2D eigenvalue weighted by Gasteiger charge is -2.27. The second-order valence-corrected chi connectivity index (χ2v) is 11.2. The Balaban J connectivity index is 1.39. The number of benzene rings is 2. The van der Waals surface area contributed by atoms with Crippen LogP contribution in [0.4, 0.5) is 10.5 Å². The van der Waals surface area contributed by atoms with Crippen LogP contribution in [0.15, 0.2) is 39.7 Å². The fourth-order valence-electron chi connectivity index (χ4n) is 4.27. The zero-order valence-corrected chi connectivity index (χ0v) is 24.4. The summed E-state index contributed by atoms with van der Waals surface area (Å²) in [6.45, 7) is 4.79. The number of likely N-dealkylation sites (tertiary alicyclic amines) is 1. The molecule has 206 valence electrons. The van der Waals surface area contributed by atoms with Gasteiger partial charge < -0.3 is 19.7 Å². The van der Waals surface area contributed by atoms with Gasteiger partial charge in [-0.2, -0.15) is 0 Å². The van der Waals surface area contributed by atoms with E-state index in [9.17, 15) is 19.2 Å². The van der Waals surface area contributed by atoms with Gasteiger partial charge in [-0.05, 0) is 108 Å². The van der Waals surface area contributed by atoms with Crippen LogP contribution in [0.5, 0.6) is 11.5 Å². The molecule has 4 amide bonds. The van der Waals surface area contributed by atoms with Crippen molar-refractivity contribution in [2.75, 3.05) is 38.7 Å². The minimum absolute atomic E-state index is 0.213. The Morgan fingerprint density at radius 2 is 1.77 bits per heavy atom.